The summed E-state index contributed by atoms with van der Waals surface area (Å²) in [5.74, 6) is 1.44. The minimum Gasteiger partial charge on any atom is -0.493 e. The molecule has 0 aliphatic carbocycles. The van der Waals surface area contributed by atoms with Gasteiger partial charge in [0.25, 0.3) is 0 Å². The molecule has 0 aliphatic rings. The summed E-state index contributed by atoms with van der Waals surface area (Å²) in [6.07, 6.45) is 0.959. The molecule has 20 heavy (non-hydrogen) atoms. The molecule has 1 aromatic heterocycles. The first kappa shape index (κ1) is 15.4. The van der Waals surface area contributed by atoms with Crippen molar-refractivity contribution < 1.29 is 14.6 Å². The Morgan fingerprint density at radius 1 is 1.20 bits per heavy atom. The number of rotatable bonds is 7. The normalized spacial score (nSPS) is 10.6. The summed E-state index contributed by atoms with van der Waals surface area (Å²) in [7, 11) is 0. The van der Waals surface area contributed by atoms with Gasteiger partial charge in [0.15, 0.2) is 0 Å². The predicted octanol–water partition coefficient (Wildman–Crippen LogP) is 4.37. The molecule has 0 spiro atoms. The van der Waals surface area contributed by atoms with Gasteiger partial charge in [-0.3, -0.25) is 0 Å². The minimum atomic E-state index is -0.0441. The van der Waals surface area contributed by atoms with Crippen LogP contribution in [-0.4, -0.2) is 11.7 Å². The summed E-state index contributed by atoms with van der Waals surface area (Å²) in [6, 6.07) is 9.55. The number of halogens is 1. The van der Waals surface area contributed by atoms with Gasteiger partial charge in [-0.15, -0.1) is 11.3 Å². The van der Waals surface area contributed by atoms with Crippen LogP contribution < -0.4 is 9.47 Å². The van der Waals surface area contributed by atoms with Gasteiger partial charge in [0.1, 0.15) is 18.1 Å². The van der Waals surface area contributed by atoms with Crippen LogP contribution >= 0.6 is 27.3 Å². The molecule has 0 radical (unpaired) electrons. The molecule has 0 unspecified atom stereocenters. The molecule has 108 valence electrons. The molecule has 1 heterocycles. The average molecular weight is 357 g/mol. The van der Waals surface area contributed by atoms with Crippen LogP contribution in [0.15, 0.2) is 34.1 Å². The number of aliphatic hydroxyl groups excluding tert-OH is 1. The second-order valence-electron chi connectivity index (χ2n) is 4.27. The first-order chi connectivity index (χ1) is 9.72. The highest BCUT2D eigenvalue weighted by atomic mass is 79.9. The van der Waals surface area contributed by atoms with E-state index in [0.717, 1.165) is 26.4 Å². The van der Waals surface area contributed by atoms with E-state index in [1.807, 2.05) is 30.3 Å². The van der Waals surface area contributed by atoms with Gasteiger partial charge in [0.2, 0.25) is 0 Å². The molecule has 0 amide bonds. The van der Waals surface area contributed by atoms with Crippen LogP contribution in [-0.2, 0) is 13.2 Å². The summed E-state index contributed by atoms with van der Waals surface area (Å²) in [6.45, 7) is 3.18. The molecule has 0 saturated carbocycles. The fourth-order valence-electron chi connectivity index (χ4n) is 1.69. The van der Waals surface area contributed by atoms with Crippen LogP contribution in [0.5, 0.6) is 11.5 Å². The number of ether oxygens (including phenoxy) is 2. The second-order valence-corrected chi connectivity index (χ2v) is 6.82. The fourth-order valence-corrected chi connectivity index (χ4v) is 3.08. The SMILES string of the molecule is CCCOc1ccc(CO)c(OCc2ccc(Br)s2)c1. The van der Waals surface area contributed by atoms with E-state index in [-0.39, 0.29) is 6.61 Å². The van der Waals surface area contributed by atoms with E-state index >= 15 is 0 Å². The lowest BCUT2D eigenvalue weighted by atomic mass is 10.2. The van der Waals surface area contributed by atoms with Crippen LogP contribution in [0.2, 0.25) is 0 Å². The zero-order valence-electron chi connectivity index (χ0n) is 11.3. The van der Waals surface area contributed by atoms with Crippen LogP contribution in [0, 0.1) is 0 Å². The largest absolute Gasteiger partial charge is 0.493 e. The van der Waals surface area contributed by atoms with E-state index in [1.165, 1.54) is 0 Å². The van der Waals surface area contributed by atoms with Crippen molar-refractivity contribution in [2.45, 2.75) is 26.6 Å². The minimum absolute atomic E-state index is 0.0441. The third-order valence-corrected chi connectivity index (χ3v) is 4.28. The van der Waals surface area contributed by atoms with Gasteiger partial charge < -0.3 is 14.6 Å². The van der Waals surface area contributed by atoms with E-state index in [2.05, 4.69) is 22.9 Å². The Kier molecular flexibility index (Phi) is 5.88. The average Bonchev–Trinajstić information content (AvgIpc) is 2.88. The molecule has 0 bridgehead atoms. The molecule has 0 saturated heterocycles. The molecule has 5 heteroatoms. The summed E-state index contributed by atoms with van der Waals surface area (Å²) in [4.78, 5) is 1.13. The Bertz CT molecular complexity index is 554. The van der Waals surface area contributed by atoms with Crippen molar-refractivity contribution in [1.29, 1.82) is 0 Å². The Morgan fingerprint density at radius 2 is 2.05 bits per heavy atom. The standard InChI is InChI=1S/C15H17BrO3S/c1-2-7-18-12-4-3-11(9-17)14(8-12)19-10-13-5-6-15(16)20-13/h3-6,8,17H,2,7,9-10H2,1H3. The first-order valence-corrected chi connectivity index (χ1v) is 8.07. The maximum atomic E-state index is 9.36. The van der Waals surface area contributed by atoms with E-state index in [1.54, 1.807) is 11.3 Å². The molecule has 2 rings (SSSR count). The van der Waals surface area contributed by atoms with Crippen molar-refractivity contribution in [1.82, 2.24) is 0 Å². The topological polar surface area (TPSA) is 38.7 Å². The van der Waals surface area contributed by atoms with E-state index in [0.29, 0.717) is 19.0 Å². The number of hydrogen-bond donors (Lipinski definition) is 1. The van der Waals surface area contributed by atoms with Gasteiger partial charge in [-0.25, -0.2) is 0 Å². The molecular weight excluding hydrogens is 340 g/mol. The lowest BCUT2D eigenvalue weighted by Crippen LogP contribution is -2.00. The molecule has 3 nitrogen and oxygen atoms in total. The smallest absolute Gasteiger partial charge is 0.129 e. The predicted molar refractivity (Wildman–Crippen MR) is 84.5 cm³/mol. The highest BCUT2D eigenvalue weighted by Crippen LogP contribution is 2.28. The summed E-state index contributed by atoms with van der Waals surface area (Å²) < 4.78 is 12.5. The van der Waals surface area contributed by atoms with Crippen LogP contribution in [0.4, 0.5) is 0 Å². The second kappa shape index (κ2) is 7.67. The van der Waals surface area contributed by atoms with Crippen LogP contribution in [0.1, 0.15) is 23.8 Å². The third kappa shape index (κ3) is 4.23. The van der Waals surface area contributed by atoms with Crippen LogP contribution in [0.3, 0.4) is 0 Å². The molecule has 0 aliphatic heterocycles. The Balaban J connectivity index is 2.07. The highest BCUT2D eigenvalue weighted by molar-refractivity contribution is 9.11. The maximum absolute atomic E-state index is 9.36. The van der Waals surface area contributed by atoms with Crippen molar-refractivity contribution >= 4 is 27.3 Å². The Morgan fingerprint density at radius 3 is 2.70 bits per heavy atom. The quantitative estimate of drug-likeness (QED) is 0.800. The van der Waals surface area contributed by atoms with Gasteiger partial charge in [-0.05, 0) is 46.6 Å². The van der Waals surface area contributed by atoms with Crippen molar-refractivity contribution in [2.24, 2.45) is 0 Å². The van der Waals surface area contributed by atoms with E-state index < -0.39 is 0 Å². The van der Waals surface area contributed by atoms with Crippen LogP contribution in [0.25, 0.3) is 0 Å². The lowest BCUT2D eigenvalue weighted by molar-refractivity contribution is 0.257. The zero-order chi connectivity index (χ0) is 14.4. The highest BCUT2D eigenvalue weighted by Gasteiger charge is 2.07. The summed E-state index contributed by atoms with van der Waals surface area (Å²) in [5.41, 5.74) is 0.768. The summed E-state index contributed by atoms with van der Waals surface area (Å²) >= 11 is 5.07. The maximum Gasteiger partial charge on any atom is 0.129 e. The van der Waals surface area contributed by atoms with Gasteiger partial charge in [-0.2, -0.15) is 0 Å². The Hall–Kier alpha value is -1.04. The molecule has 2 aromatic rings. The van der Waals surface area contributed by atoms with Gasteiger partial charge in [0.05, 0.1) is 17.0 Å². The first-order valence-electron chi connectivity index (χ1n) is 6.46. The Labute approximate surface area is 131 Å². The molecule has 1 aromatic carbocycles. The van der Waals surface area contributed by atoms with E-state index in [4.69, 9.17) is 9.47 Å². The van der Waals surface area contributed by atoms with Gasteiger partial charge in [-0.1, -0.05) is 6.92 Å². The lowest BCUT2D eigenvalue weighted by Gasteiger charge is -2.12. The van der Waals surface area contributed by atoms with Gasteiger partial charge in [0, 0.05) is 16.5 Å². The fraction of sp³-hybridized carbons (Fsp3) is 0.333. The summed E-state index contributed by atoms with van der Waals surface area (Å²) in [5, 5.41) is 9.36. The molecule has 1 N–H and O–H groups in total. The van der Waals surface area contributed by atoms with Crippen molar-refractivity contribution in [3.63, 3.8) is 0 Å². The van der Waals surface area contributed by atoms with Gasteiger partial charge >= 0.3 is 0 Å². The number of thiophene rings is 1. The number of hydrogen-bond acceptors (Lipinski definition) is 4. The number of aliphatic hydroxyl groups is 1. The molecule has 0 atom stereocenters. The van der Waals surface area contributed by atoms with Crippen molar-refractivity contribution in [3.05, 3.63) is 44.6 Å². The number of benzene rings is 1. The third-order valence-electron chi connectivity index (χ3n) is 2.68. The van der Waals surface area contributed by atoms with E-state index in [9.17, 15) is 5.11 Å². The zero-order valence-corrected chi connectivity index (χ0v) is 13.7. The molecular formula is C15H17BrO3S. The molecule has 0 fully saturated rings. The van der Waals surface area contributed by atoms with Crippen molar-refractivity contribution in [3.8, 4) is 11.5 Å². The monoisotopic (exact) mass is 356 g/mol. The van der Waals surface area contributed by atoms with Crippen molar-refractivity contribution in [2.75, 3.05) is 6.61 Å².